The minimum Gasteiger partial charge on any atom is -0.462 e. The number of ether oxygens (including phenoxy) is 1. The second kappa shape index (κ2) is 57.5. The van der Waals surface area contributed by atoms with E-state index in [1.165, 1.54) is 173 Å². The second-order valence-corrected chi connectivity index (χ2v) is 20.7. The van der Waals surface area contributed by atoms with Gasteiger partial charge in [0.05, 0.1) is 25.2 Å². The van der Waals surface area contributed by atoms with Crippen LogP contribution in [0.3, 0.4) is 0 Å². The minimum atomic E-state index is -0.798. The summed E-state index contributed by atoms with van der Waals surface area (Å²) in [6.45, 7) is 6.48. The van der Waals surface area contributed by atoms with Crippen LogP contribution in [0.4, 0.5) is 0 Å². The molecule has 0 heterocycles. The topological polar surface area (TPSA) is 95.9 Å². The average Bonchev–Trinajstić information content (AvgIpc) is 3.35. The third kappa shape index (κ3) is 51.9. The zero-order chi connectivity index (χ0) is 50.9. The van der Waals surface area contributed by atoms with Crippen molar-refractivity contribution in [3.63, 3.8) is 0 Å². The maximum atomic E-state index is 13.3. The van der Waals surface area contributed by atoms with E-state index in [1.807, 2.05) is 0 Å². The van der Waals surface area contributed by atoms with Crippen LogP contribution in [0.2, 0.25) is 0 Å². The van der Waals surface area contributed by atoms with Gasteiger partial charge in [0.2, 0.25) is 5.91 Å². The summed E-state index contributed by atoms with van der Waals surface area (Å²) in [5.41, 5.74) is 0. The Kier molecular flexibility index (Phi) is 55.5. The molecule has 0 aliphatic carbocycles. The second-order valence-electron chi connectivity index (χ2n) is 20.7. The molecule has 0 radical (unpaired) electrons. The van der Waals surface area contributed by atoms with Gasteiger partial charge in [-0.2, -0.15) is 0 Å². The zero-order valence-electron chi connectivity index (χ0n) is 46.7. The van der Waals surface area contributed by atoms with E-state index in [2.05, 4.69) is 86.8 Å². The molecule has 0 fully saturated rings. The summed E-state index contributed by atoms with van der Waals surface area (Å²) in [6.07, 6.45) is 72.9. The lowest BCUT2D eigenvalue weighted by atomic mass is 10.0. The van der Waals surface area contributed by atoms with Crippen molar-refractivity contribution in [2.24, 2.45) is 0 Å². The number of aliphatic hydroxyl groups is 2. The first kappa shape index (κ1) is 67.6. The molecule has 0 saturated carbocycles. The Bertz CT molecular complexity index is 1240. The fourth-order valence-corrected chi connectivity index (χ4v) is 9.18. The first-order valence-electron chi connectivity index (χ1n) is 30.5. The number of aliphatic hydroxyl groups excluding tert-OH is 2. The number of hydrogen-bond donors (Lipinski definition) is 3. The molecule has 0 aliphatic rings. The number of rotatable bonds is 55. The van der Waals surface area contributed by atoms with Crippen molar-refractivity contribution in [1.82, 2.24) is 5.32 Å². The predicted octanol–water partition coefficient (Wildman–Crippen LogP) is 19.1. The number of nitrogens with one attached hydrogen (secondary N) is 1. The van der Waals surface area contributed by atoms with E-state index in [1.54, 1.807) is 0 Å². The number of carbonyl (C=O) groups excluding carboxylic acids is 2. The van der Waals surface area contributed by atoms with Crippen LogP contribution in [0.1, 0.15) is 310 Å². The molecule has 6 nitrogen and oxygen atoms in total. The summed E-state index contributed by atoms with van der Waals surface area (Å²) >= 11 is 0. The molecule has 0 aromatic heterocycles. The molecule has 0 aromatic carbocycles. The summed E-state index contributed by atoms with van der Waals surface area (Å²) in [7, 11) is 0. The van der Waals surface area contributed by atoms with Gasteiger partial charge in [-0.25, -0.2) is 0 Å². The largest absolute Gasteiger partial charge is 0.462 e. The van der Waals surface area contributed by atoms with Crippen molar-refractivity contribution < 1.29 is 24.5 Å². The van der Waals surface area contributed by atoms with Crippen LogP contribution in [0.25, 0.3) is 0 Å². The summed E-state index contributed by atoms with van der Waals surface area (Å²) in [6, 6.07) is -0.714. The molecule has 0 aromatic rings. The lowest BCUT2D eigenvalue weighted by molar-refractivity contribution is -0.151. The highest BCUT2D eigenvalue weighted by atomic mass is 16.5. The molecule has 0 bridgehead atoms. The lowest BCUT2D eigenvalue weighted by Gasteiger charge is -2.24. The van der Waals surface area contributed by atoms with Gasteiger partial charge in [0, 0.05) is 6.42 Å². The SMILES string of the molecule is CCCCC/C=C\C/C=C\C/C=C\C/C=C\CCCCCC(=O)OC(CCCCCCC/C=C/CCCCCCCC)CC(=O)NC(CO)C(O)CCCCCCCCCCCCCCCCCCC. The van der Waals surface area contributed by atoms with E-state index in [0.29, 0.717) is 19.3 Å². The molecule has 408 valence electrons. The van der Waals surface area contributed by atoms with E-state index < -0.39 is 18.2 Å². The smallest absolute Gasteiger partial charge is 0.306 e. The molecule has 3 N–H and O–H groups in total. The Morgan fingerprint density at radius 1 is 0.414 bits per heavy atom. The van der Waals surface area contributed by atoms with Crippen LogP contribution in [-0.2, 0) is 14.3 Å². The minimum absolute atomic E-state index is 0.0591. The van der Waals surface area contributed by atoms with Crippen LogP contribution < -0.4 is 5.32 Å². The van der Waals surface area contributed by atoms with Crippen molar-refractivity contribution >= 4 is 11.9 Å². The van der Waals surface area contributed by atoms with Gasteiger partial charge in [0.25, 0.3) is 0 Å². The van der Waals surface area contributed by atoms with Crippen LogP contribution in [0.15, 0.2) is 60.8 Å². The summed E-state index contributed by atoms with van der Waals surface area (Å²) in [5.74, 6) is -0.508. The summed E-state index contributed by atoms with van der Waals surface area (Å²) < 4.78 is 5.96. The number of esters is 1. The summed E-state index contributed by atoms with van der Waals surface area (Å²) in [4.78, 5) is 26.3. The van der Waals surface area contributed by atoms with E-state index in [4.69, 9.17) is 4.74 Å². The molecule has 70 heavy (non-hydrogen) atoms. The van der Waals surface area contributed by atoms with E-state index in [9.17, 15) is 19.8 Å². The Balaban J connectivity index is 4.59. The Hall–Kier alpha value is -2.44. The molecule has 3 atom stereocenters. The lowest BCUT2D eigenvalue weighted by Crippen LogP contribution is -2.46. The fraction of sp³-hybridized carbons (Fsp3) is 0.812. The maximum absolute atomic E-state index is 13.3. The van der Waals surface area contributed by atoms with E-state index in [-0.39, 0.29) is 24.9 Å². The molecule has 0 rings (SSSR count). The molecular formula is C64H117NO5. The number of allylic oxidation sites excluding steroid dienone is 10. The third-order valence-corrected chi connectivity index (χ3v) is 13.8. The zero-order valence-corrected chi connectivity index (χ0v) is 46.7. The molecule has 3 unspecified atom stereocenters. The molecule has 6 heteroatoms. The van der Waals surface area contributed by atoms with Gasteiger partial charge in [-0.15, -0.1) is 0 Å². The highest BCUT2D eigenvalue weighted by Crippen LogP contribution is 2.18. The van der Waals surface area contributed by atoms with Crippen LogP contribution in [0, 0.1) is 0 Å². The van der Waals surface area contributed by atoms with Gasteiger partial charge in [0.15, 0.2) is 0 Å². The van der Waals surface area contributed by atoms with Gasteiger partial charge < -0.3 is 20.3 Å². The van der Waals surface area contributed by atoms with Gasteiger partial charge in [0.1, 0.15) is 6.10 Å². The molecule has 0 saturated heterocycles. The van der Waals surface area contributed by atoms with Gasteiger partial charge in [-0.05, 0) is 96.3 Å². The Labute approximate surface area is 435 Å². The van der Waals surface area contributed by atoms with Gasteiger partial charge in [-0.3, -0.25) is 9.59 Å². The van der Waals surface area contributed by atoms with Crippen molar-refractivity contribution in [2.75, 3.05) is 6.61 Å². The Morgan fingerprint density at radius 3 is 1.14 bits per heavy atom. The van der Waals surface area contributed by atoms with Gasteiger partial charge in [-0.1, -0.05) is 261 Å². The van der Waals surface area contributed by atoms with Crippen LogP contribution in [-0.4, -0.2) is 46.9 Å². The summed E-state index contributed by atoms with van der Waals surface area (Å²) in [5, 5.41) is 23.9. The highest BCUT2D eigenvalue weighted by molar-refractivity contribution is 5.77. The van der Waals surface area contributed by atoms with Crippen molar-refractivity contribution in [3.8, 4) is 0 Å². The van der Waals surface area contributed by atoms with E-state index >= 15 is 0 Å². The van der Waals surface area contributed by atoms with Crippen molar-refractivity contribution in [1.29, 1.82) is 0 Å². The van der Waals surface area contributed by atoms with Crippen LogP contribution in [0.5, 0.6) is 0 Å². The standard InChI is InChI=1S/C64H117NO5/c1-4-7-10-13-16-19-22-25-28-30-31-33-36-39-42-45-48-51-54-57-64(69)70-60(55-52-49-46-43-40-37-34-27-24-21-18-15-12-9-6-3)58-63(68)65-61(59-66)62(67)56-53-50-47-44-41-38-35-32-29-26-23-20-17-14-11-8-5-2/h16,19,25,27-28,31,33-34,39,42,60-62,66-67H,4-15,17-18,20-24,26,29-30,32,35-38,40-41,43-59H2,1-3H3,(H,65,68)/b19-16-,28-25-,33-31-,34-27+,42-39-. The molecule has 0 aliphatic heterocycles. The van der Waals surface area contributed by atoms with Gasteiger partial charge >= 0.3 is 5.97 Å². The first-order chi connectivity index (χ1) is 34.5. The normalized spacial score (nSPS) is 13.5. The average molecular weight is 981 g/mol. The van der Waals surface area contributed by atoms with Crippen LogP contribution >= 0.6 is 0 Å². The molecular weight excluding hydrogens is 863 g/mol. The predicted molar refractivity (Wildman–Crippen MR) is 305 cm³/mol. The number of unbranched alkanes of at least 4 members (excludes halogenated alkanes) is 33. The van der Waals surface area contributed by atoms with E-state index in [0.717, 1.165) is 89.9 Å². The van der Waals surface area contributed by atoms with Crippen molar-refractivity contribution in [3.05, 3.63) is 60.8 Å². The third-order valence-electron chi connectivity index (χ3n) is 13.8. The monoisotopic (exact) mass is 980 g/mol. The van der Waals surface area contributed by atoms with Crippen molar-refractivity contribution in [2.45, 2.75) is 328 Å². The first-order valence-corrected chi connectivity index (χ1v) is 30.5. The Morgan fingerprint density at radius 2 is 0.729 bits per heavy atom. The maximum Gasteiger partial charge on any atom is 0.306 e. The quantitative estimate of drug-likeness (QED) is 0.0321. The number of amides is 1. The highest BCUT2D eigenvalue weighted by Gasteiger charge is 2.24. The number of carbonyl (C=O) groups is 2. The number of hydrogen-bond acceptors (Lipinski definition) is 5. The fourth-order valence-electron chi connectivity index (χ4n) is 9.18. The molecule has 1 amide bonds. The molecule has 0 spiro atoms.